The van der Waals surface area contributed by atoms with Gasteiger partial charge in [0.05, 0.1) is 0 Å². The number of hydrogen-bond acceptors (Lipinski definition) is 2. The molecule has 0 fully saturated rings. The molecule has 0 amide bonds. The van der Waals surface area contributed by atoms with Crippen molar-refractivity contribution in [3.05, 3.63) is 34.5 Å². The lowest BCUT2D eigenvalue weighted by Gasteiger charge is -1.85. The summed E-state index contributed by atoms with van der Waals surface area (Å²) in [7, 11) is 0. The highest BCUT2D eigenvalue weighted by molar-refractivity contribution is 7.20. The maximum absolute atomic E-state index is 12.5. The molecule has 0 aliphatic heterocycles. The third kappa shape index (κ3) is 1.40. The van der Waals surface area contributed by atoms with E-state index >= 15 is 0 Å². The fourth-order valence-corrected chi connectivity index (χ4v) is 2.45. The first-order valence-electron chi connectivity index (χ1n) is 3.27. The summed E-state index contributed by atoms with van der Waals surface area (Å²) in [6, 6.07) is 6.09. The summed E-state index contributed by atoms with van der Waals surface area (Å²) in [5.74, 6) is 0. The van der Waals surface area contributed by atoms with E-state index in [1.54, 1.807) is 12.1 Å². The summed E-state index contributed by atoms with van der Waals surface area (Å²) in [6.45, 7) is 0. The van der Waals surface area contributed by atoms with Crippen LogP contribution in [-0.4, -0.2) is 0 Å². The summed E-state index contributed by atoms with van der Waals surface area (Å²) in [5.41, 5.74) is 0. The molecule has 0 bridgehead atoms. The Morgan fingerprint density at radius 2 is 1.17 bits per heavy atom. The molecule has 0 saturated carbocycles. The van der Waals surface area contributed by atoms with Crippen molar-refractivity contribution in [3.63, 3.8) is 0 Å². The smallest absolute Gasteiger partial charge is 0.177 e. The molecule has 2 aromatic rings. The van der Waals surface area contributed by atoms with Crippen LogP contribution in [0.3, 0.4) is 0 Å². The van der Waals surface area contributed by atoms with Gasteiger partial charge in [0.2, 0.25) is 0 Å². The van der Waals surface area contributed by atoms with Crippen LogP contribution in [0.2, 0.25) is 0 Å². The van der Waals surface area contributed by atoms with Crippen LogP contribution in [0.4, 0.5) is 8.78 Å². The van der Waals surface area contributed by atoms with Crippen LogP contribution in [-0.2, 0) is 0 Å². The quantitative estimate of drug-likeness (QED) is 0.660. The van der Waals surface area contributed by atoms with E-state index in [0.29, 0.717) is 0 Å². The average Bonchev–Trinajstić information content (AvgIpc) is 2.58. The maximum Gasteiger partial charge on any atom is 0.177 e. The van der Waals surface area contributed by atoms with Gasteiger partial charge in [-0.1, -0.05) is 0 Å². The van der Waals surface area contributed by atoms with Gasteiger partial charge in [-0.05, 0) is 24.3 Å². The molecule has 2 aromatic heterocycles. The molecule has 0 unspecified atom stereocenters. The third-order valence-electron chi connectivity index (χ3n) is 1.39. The van der Waals surface area contributed by atoms with Gasteiger partial charge in [0.15, 0.2) is 10.3 Å². The van der Waals surface area contributed by atoms with Crippen molar-refractivity contribution >= 4 is 22.7 Å². The number of halogens is 2. The van der Waals surface area contributed by atoms with Gasteiger partial charge in [0.25, 0.3) is 0 Å². The van der Waals surface area contributed by atoms with Gasteiger partial charge in [0.1, 0.15) is 0 Å². The van der Waals surface area contributed by atoms with E-state index in [1.165, 1.54) is 12.1 Å². The number of rotatable bonds is 1. The molecule has 0 saturated heterocycles. The zero-order chi connectivity index (χ0) is 8.55. The highest BCUT2D eigenvalue weighted by Crippen LogP contribution is 2.32. The minimum atomic E-state index is -0.237. The van der Waals surface area contributed by atoms with Crippen molar-refractivity contribution in [2.24, 2.45) is 0 Å². The van der Waals surface area contributed by atoms with Crippen molar-refractivity contribution < 1.29 is 8.78 Å². The van der Waals surface area contributed by atoms with E-state index in [9.17, 15) is 8.78 Å². The lowest BCUT2D eigenvalue weighted by atomic mass is 10.4. The maximum atomic E-state index is 12.5. The van der Waals surface area contributed by atoms with Crippen LogP contribution < -0.4 is 0 Å². The largest absolute Gasteiger partial charge is 0.195 e. The summed E-state index contributed by atoms with van der Waals surface area (Å²) < 4.78 is 25.1. The van der Waals surface area contributed by atoms with E-state index in [4.69, 9.17) is 0 Å². The average molecular weight is 202 g/mol. The molecule has 0 N–H and O–H groups in total. The Labute approximate surface area is 76.1 Å². The Kier molecular flexibility index (Phi) is 1.94. The van der Waals surface area contributed by atoms with Gasteiger partial charge in [-0.2, -0.15) is 8.78 Å². The molecular weight excluding hydrogens is 198 g/mol. The predicted octanol–water partition coefficient (Wildman–Crippen LogP) is 3.75. The van der Waals surface area contributed by atoms with Crippen molar-refractivity contribution in [3.8, 4) is 9.75 Å². The number of thiophene rings is 2. The van der Waals surface area contributed by atoms with E-state index in [0.717, 1.165) is 32.4 Å². The second kappa shape index (κ2) is 2.95. The first-order chi connectivity index (χ1) is 5.75. The highest BCUT2D eigenvalue weighted by atomic mass is 32.1. The topological polar surface area (TPSA) is 0 Å². The van der Waals surface area contributed by atoms with Crippen molar-refractivity contribution in [1.82, 2.24) is 0 Å². The first kappa shape index (κ1) is 7.89. The summed E-state index contributed by atoms with van der Waals surface area (Å²) in [6.07, 6.45) is 0. The molecule has 0 aliphatic rings. The Hall–Kier alpha value is -0.740. The minimum absolute atomic E-state index is 0.237. The van der Waals surface area contributed by atoms with Gasteiger partial charge >= 0.3 is 0 Å². The van der Waals surface area contributed by atoms with Crippen molar-refractivity contribution in [2.75, 3.05) is 0 Å². The fraction of sp³-hybridized carbons (Fsp3) is 0. The standard InChI is InChI=1S/C8H4F2S2/c9-7-3-1-5(11-7)6-2-4-8(10)12-6/h1-4H. The Balaban J connectivity index is 2.43. The molecule has 0 nitrogen and oxygen atoms in total. The van der Waals surface area contributed by atoms with Gasteiger partial charge in [0, 0.05) is 9.75 Å². The molecular formula is C8H4F2S2. The van der Waals surface area contributed by atoms with E-state index in [1.807, 2.05) is 0 Å². The minimum Gasteiger partial charge on any atom is -0.195 e. The molecule has 0 aliphatic carbocycles. The molecule has 4 heteroatoms. The van der Waals surface area contributed by atoms with E-state index in [2.05, 4.69) is 0 Å². The molecule has 2 heterocycles. The van der Waals surface area contributed by atoms with Crippen molar-refractivity contribution in [2.45, 2.75) is 0 Å². The monoisotopic (exact) mass is 202 g/mol. The lowest BCUT2D eigenvalue weighted by molar-refractivity contribution is 0.657. The normalized spacial score (nSPS) is 10.5. The summed E-state index contributed by atoms with van der Waals surface area (Å²) in [4.78, 5) is 1.56. The molecule has 0 spiro atoms. The SMILES string of the molecule is Fc1ccc(-c2ccc(F)s2)s1. The fourth-order valence-electron chi connectivity index (χ4n) is 0.893. The van der Waals surface area contributed by atoms with Crippen molar-refractivity contribution in [1.29, 1.82) is 0 Å². The van der Waals surface area contributed by atoms with Gasteiger partial charge in [-0.15, -0.1) is 22.7 Å². The summed E-state index contributed by atoms with van der Waals surface area (Å²) >= 11 is 2.06. The number of hydrogen-bond donors (Lipinski definition) is 0. The molecule has 0 atom stereocenters. The molecule has 62 valence electrons. The van der Waals surface area contributed by atoms with Crippen LogP contribution in [0.1, 0.15) is 0 Å². The second-order valence-corrected chi connectivity index (χ2v) is 4.28. The molecule has 12 heavy (non-hydrogen) atoms. The van der Waals surface area contributed by atoms with Crippen LogP contribution >= 0.6 is 22.7 Å². The first-order valence-corrected chi connectivity index (χ1v) is 4.90. The van der Waals surface area contributed by atoms with E-state index in [-0.39, 0.29) is 10.3 Å². The zero-order valence-corrected chi connectivity index (χ0v) is 7.51. The van der Waals surface area contributed by atoms with Gasteiger partial charge in [-0.3, -0.25) is 0 Å². The third-order valence-corrected chi connectivity index (χ3v) is 3.33. The van der Waals surface area contributed by atoms with Gasteiger partial charge in [-0.25, -0.2) is 0 Å². The van der Waals surface area contributed by atoms with Gasteiger partial charge < -0.3 is 0 Å². The van der Waals surface area contributed by atoms with E-state index < -0.39 is 0 Å². The lowest BCUT2D eigenvalue weighted by Crippen LogP contribution is -1.55. The predicted molar refractivity (Wildman–Crippen MR) is 47.5 cm³/mol. The Bertz CT molecular complexity index is 351. The van der Waals surface area contributed by atoms with Crippen LogP contribution in [0.5, 0.6) is 0 Å². The molecule has 0 radical (unpaired) electrons. The Morgan fingerprint density at radius 1 is 0.750 bits per heavy atom. The van der Waals surface area contributed by atoms with Crippen LogP contribution in [0, 0.1) is 10.3 Å². The second-order valence-electron chi connectivity index (χ2n) is 2.21. The zero-order valence-electron chi connectivity index (χ0n) is 5.88. The molecule has 0 aromatic carbocycles. The molecule has 2 rings (SSSR count). The Morgan fingerprint density at radius 3 is 1.42 bits per heavy atom. The van der Waals surface area contributed by atoms with Crippen LogP contribution in [0.15, 0.2) is 24.3 Å². The van der Waals surface area contributed by atoms with Crippen LogP contribution in [0.25, 0.3) is 9.75 Å². The summed E-state index contributed by atoms with van der Waals surface area (Å²) in [5, 5.41) is -0.474. The highest BCUT2D eigenvalue weighted by Gasteiger charge is 2.04.